The summed E-state index contributed by atoms with van der Waals surface area (Å²) >= 11 is 0. The first-order valence-corrected chi connectivity index (χ1v) is 4.64. The minimum absolute atomic E-state index is 0.0241. The first-order valence-electron chi connectivity index (χ1n) is 4.64. The third-order valence-corrected chi connectivity index (χ3v) is 2.56. The van der Waals surface area contributed by atoms with E-state index in [1.807, 2.05) is 0 Å². The molecule has 0 spiro atoms. The molecule has 1 heterocycles. The van der Waals surface area contributed by atoms with Gasteiger partial charge in [-0.3, -0.25) is 9.59 Å². The molecule has 2 amide bonds. The molecule has 1 atom stereocenters. The Kier molecular flexibility index (Phi) is 3.09. The lowest BCUT2D eigenvalue weighted by molar-refractivity contribution is -0.196. The largest absolute Gasteiger partial charge is 0.478 e. The second kappa shape index (κ2) is 3.98. The number of methoxy groups -OCH3 is 1. The highest BCUT2D eigenvalue weighted by molar-refractivity contribution is 6.05. The Bertz CT molecular complexity index is 292. The van der Waals surface area contributed by atoms with Crippen LogP contribution in [-0.4, -0.2) is 40.6 Å². The van der Waals surface area contributed by atoms with Crippen LogP contribution in [0.2, 0.25) is 0 Å². The van der Waals surface area contributed by atoms with Crippen LogP contribution in [0, 0.1) is 0 Å². The molecule has 0 radical (unpaired) electrons. The molecule has 6 heteroatoms. The van der Waals surface area contributed by atoms with Crippen molar-refractivity contribution in [3.05, 3.63) is 0 Å². The Labute approximate surface area is 86.8 Å². The molecular formula is C9H13NO5. The fraction of sp³-hybridized carbons (Fsp3) is 0.667. The molecule has 1 aliphatic heterocycles. The van der Waals surface area contributed by atoms with E-state index in [0.717, 1.165) is 4.90 Å². The van der Waals surface area contributed by atoms with E-state index < -0.39 is 23.5 Å². The first-order chi connectivity index (χ1) is 6.99. The number of hydrogen-bond acceptors (Lipinski definition) is 4. The highest BCUT2D eigenvalue weighted by atomic mass is 16.5. The van der Waals surface area contributed by atoms with Crippen LogP contribution >= 0.6 is 0 Å². The summed E-state index contributed by atoms with van der Waals surface area (Å²) in [7, 11) is 1.18. The van der Waals surface area contributed by atoms with E-state index in [0.29, 0.717) is 0 Å². The maximum Gasteiger partial charge on any atom is 0.358 e. The van der Waals surface area contributed by atoms with Gasteiger partial charge in [0.1, 0.15) is 0 Å². The summed E-state index contributed by atoms with van der Waals surface area (Å²) in [6.45, 7) is 1.55. The zero-order valence-electron chi connectivity index (χ0n) is 8.65. The highest BCUT2D eigenvalue weighted by Crippen LogP contribution is 2.27. The topological polar surface area (TPSA) is 83.9 Å². The molecule has 15 heavy (non-hydrogen) atoms. The summed E-state index contributed by atoms with van der Waals surface area (Å²) in [4.78, 5) is 34.6. The Balaban J connectivity index is 3.13. The van der Waals surface area contributed by atoms with Crippen molar-refractivity contribution in [1.82, 2.24) is 4.90 Å². The van der Waals surface area contributed by atoms with Gasteiger partial charge in [-0.25, -0.2) is 9.69 Å². The number of imide groups is 1. The molecular weight excluding hydrogens is 202 g/mol. The lowest BCUT2D eigenvalue weighted by Crippen LogP contribution is -2.57. The van der Waals surface area contributed by atoms with Crippen molar-refractivity contribution in [2.24, 2.45) is 0 Å². The number of amides is 2. The number of hydrogen-bond donors (Lipinski definition) is 1. The normalized spacial score (nSPS) is 20.5. The van der Waals surface area contributed by atoms with Gasteiger partial charge < -0.3 is 9.84 Å². The van der Waals surface area contributed by atoms with Crippen molar-refractivity contribution in [2.45, 2.75) is 31.9 Å². The van der Waals surface area contributed by atoms with Crippen molar-refractivity contribution in [3.8, 4) is 0 Å². The van der Waals surface area contributed by atoms with Gasteiger partial charge in [0.15, 0.2) is 0 Å². The molecule has 0 aromatic heterocycles. The van der Waals surface area contributed by atoms with Gasteiger partial charge in [0, 0.05) is 26.4 Å². The standard InChI is InChI=1S/C9H13NO5/c1-3-9(15-2,8(13)14)10-6(11)4-5-7(10)12/h3-5H2,1-2H3,(H,13,14). The van der Waals surface area contributed by atoms with Crippen LogP contribution in [-0.2, 0) is 19.1 Å². The van der Waals surface area contributed by atoms with Gasteiger partial charge in [-0.1, -0.05) is 6.92 Å². The molecule has 0 bridgehead atoms. The first kappa shape index (κ1) is 11.6. The summed E-state index contributed by atoms with van der Waals surface area (Å²) in [6, 6.07) is 0. The van der Waals surface area contributed by atoms with E-state index in [-0.39, 0.29) is 19.3 Å². The summed E-state index contributed by atoms with van der Waals surface area (Å²) in [5.41, 5.74) is -1.84. The van der Waals surface area contributed by atoms with Crippen LogP contribution in [0.4, 0.5) is 0 Å². The van der Waals surface area contributed by atoms with Crippen LogP contribution < -0.4 is 0 Å². The maximum absolute atomic E-state index is 11.4. The molecule has 1 fully saturated rings. The van der Waals surface area contributed by atoms with Crippen molar-refractivity contribution in [1.29, 1.82) is 0 Å². The molecule has 0 aromatic rings. The zero-order valence-corrected chi connectivity index (χ0v) is 8.65. The lowest BCUT2D eigenvalue weighted by Gasteiger charge is -2.34. The number of carboxylic acids is 1. The number of nitrogens with zero attached hydrogens (tertiary/aromatic N) is 1. The molecule has 0 aliphatic carbocycles. The average molecular weight is 215 g/mol. The van der Waals surface area contributed by atoms with Crippen LogP contribution in [0.15, 0.2) is 0 Å². The fourth-order valence-corrected chi connectivity index (χ4v) is 1.71. The van der Waals surface area contributed by atoms with E-state index >= 15 is 0 Å². The molecule has 1 N–H and O–H groups in total. The van der Waals surface area contributed by atoms with Crippen molar-refractivity contribution < 1.29 is 24.2 Å². The SMILES string of the molecule is CCC(OC)(C(=O)O)N1C(=O)CCC1=O. The van der Waals surface area contributed by atoms with E-state index in [4.69, 9.17) is 9.84 Å². The molecule has 1 saturated heterocycles. The van der Waals surface area contributed by atoms with Crippen LogP contribution in [0.25, 0.3) is 0 Å². The third-order valence-electron chi connectivity index (χ3n) is 2.56. The minimum Gasteiger partial charge on any atom is -0.478 e. The molecule has 1 aliphatic rings. The second-order valence-corrected chi connectivity index (χ2v) is 3.27. The molecule has 0 saturated carbocycles. The van der Waals surface area contributed by atoms with Crippen LogP contribution in [0.3, 0.4) is 0 Å². The Hall–Kier alpha value is -1.43. The van der Waals surface area contributed by atoms with Crippen LogP contribution in [0.1, 0.15) is 26.2 Å². The monoisotopic (exact) mass is 215 g/mol. The Morgan fingerprint density at radius 1 is 1.47 bits per heavy atom. The number of rotatable bonds is 4. The van der Waals surface area contributed by atoms with Crippen molar-refractivity contribution >= 4 is 17.8 Å². The summed E-state index contributed by atoms with van der Waals surface area (Å²) in [6.07, 6.45) is 0.130. The minimum atomic E-state index is -1.84. The van der Waals surface area contributed by atoms with Gasteiger partial charge in [-0.05, 0) is 0 Å². The predicted molar refractivity (Wildman–Crippen MR) is 48.8 cm³/mol. The number of aliphatic carboxylic acids is 1. The number of likely N-dealkylation sites (tertiary alicyclic amines) is 1. The number of carbonyl (C=O) groups excluding carboxylic acids is 2. The molecule has 84 valence electrons. The predicted octanol–water partition coefficient (Wildman–Crippen LogP) is -0.0273. The molecule has 1 unspecified atom stereocenters. The quantitative estimate of drug-likeness (QED) is 0.666. The van der Waals surface area contributed by atoms with Gasteiger partial charge in [-0.15, -0.1) is 0 Å². The van der Waals surface area contributed by atoms with Crippen molar-refractivity contribution in [2.75, 3.05) is 7.11 Å². The van der Waals surface area contributed by atoms with E-state index in [9.17, 15) is 14.4 Å². The van der Waals surface area contributed by atoms with Crippen LogP contribution in [0.5, 0.6) is 0 Å². The molecule has 1 rings (SSSR count). The molecule has 0 aromatic carbocycles. The summed E-state index contributed by atoms with van der Waals surface area (Å²) < 4.78 is 4.86. The summed E-state index contributed by atoms with van der Waals surface area (Å²) in [5, 5.41) is 9.05. The van der Waals surface area contributed by atoms with Crippen molar-refractivity contribution in [3.63, 3.8) is 0 Å². The zero-order chi connectivity index (χ0) is 11.6. The van der Waals surface area contributed by atoms with Gasteiger partial charge >= 0.3 is 5.97 Å². The Morgan fingerprint density at radius 3 is 2.20 bits per heavy atom. The van der Waals surface area contributed by atoms with E-state index in [1.165, 1.54) is 7.11 Å². The smallest absolute Gasteiger partial charge is 0.358 e. The van der Waals surface area contributed by atoms with Gasteiger partial charge in [0.25, 0.3) is 0 Å². The second-order valence-electron chi connectivity index (χ2n) is 3.27. The highest BCUT2D eigenvalue weighted by Gasteiger charge is 2.51. The molecule has 6 nitrogen and oxygen atoms in total. The van der Waals surface area contributed by atoms with E-state index in [2.05, 4.69) is 0 Å². The van der Waals surface area contributed by atoms with Gasteiger partial charge in [-0.2, -0.15) is 0 Å². The summed E-state index contributed by atoms with van der Waals surface area (Å²) in [5.74, 6) is -2.31. The van der Waals surface area contributed by atoms with Gasteiger partial charge in [0.2, 0.25) is 17.5 Å². The fourth-order valence-electron chi connectivity index (χ4n) is 1.71. The lowest BCUT2D eigenvalue weighted by atomic mass is 10.1. The average Bonchev–Trinajstić information content (AvgIpc) is 2.52. The van der Waals surface area contributed by atoms with Gasteiger partial charge in [0.05, 0.1) is 0 Å². The number of carbonyl (C=O) groups is 3. The third kappa shape index (κ3) is 1.61. The maximum atomic E-state index is 11.4. The number of carboxylic acid groups (broad SMARTS) is 1. The Morgan fingerprint density at radius 2 is 1.93 bits per heavy atom. The van der Waals surface area contributed by atoms with E-state index in [1.54, 1.807) is 6.92 Å². The number of ether oxygens (including phenoxy) is 1.